The minimum absolute atomic E-state index is 0.0194. The molecule has 83 heavy (non-hydrogen) atoms. The molecule has 22 heteroatoms. The highest BCUT2D eigenvalue weighted by Gasteiger charge is 2.51. The number of hydrogen-bond acceptors (Lipinski definition) is 17. The summed E-state index contributed by atoms with van der Waals surface area (Å²) in [5, 5.41) is 22.5. The molecule has 14 rings (SSSR count). The number of piperazine rings is 1. The van der Waals surface area contributed by atoms with Gasteiger partial charge in [-0.3, -0.25) is 19.5 Å². The molecule has 3 unspecified atom stereocenters. The number of aromatic hydroxyl groups is 1. The van der Waals surface area contributed by atoms with E-state index in [9.17, 15) is 19.5 Å². The van der Waals surface area contributed by atoms with Gasteiger partial charge in [-0.25, -0.2) is 14.2 Å². The van der Waals surface area contributed by atoms with Gasteiger partial charge in [-0.05, 0) is 137 Å². The van der Waals surface area contributed by atoms with E-state index in [-0.39, 0.29) is 102 Å². The van der Waals surface area contributed by atoms with Crippen LogP contribution >= 0.6 is 22.9 Å². The number of hydrogen-bond donors (Lipinski definition) is 3. The molecule has 8 aliphatic rings. The van der Waals surface area contributed by atoms with E-state index in [0.29, 0.717) is 60.0 Å². The number of aromatic nitrogens is 5. The molecule has 7 saturated heterocycles. The Morgan fingerprint density at radius 1 is 0.976 bits per heavy atom. The molecule has 0 radical (unpaired) electrons. The molecule has 2 aromatic carbocycles. The zero-order chi connectivity index (χ0) is 57.3. The molecule has 2 bridgehead atoms. The van der Waals surface area contributed by atoms with E-state index >= 15 is 4.39 Å². The van der Waals surface area contributed by atoms with E-state index in [0.717, 1.165) is 105 Å². The second-order valence-electron chi connectivity index (χ2n) is 24.3. The monoisotopic (exact) mass is 1170 g/mol. The molecule has 438 valence electrons. The average Bonchev–Trinajstić information content (AvgIpc) is 3.76. The molecular weight excluding hydrogens is 1100 g/mol. The number of amides is 3. The number of halogens is 2. The predicted octanol–water partition coefficient (Wildman–Crippen LogP) is 9.70. The van der Waals surface area contributed by atoms with Crippen LogP contribution in [0.15, 0.2) is 58.7 Å². The van der Waals surface area contributed by atoms with Gasteiger partial charge in [-0.2, -0.15) is 9.97 Å². The van der Waals surface area contributed by atoms with Crippen LogP contribution in [0.2, 0.25) is 5.02 Å². The van der Waals surface area contributed by atoms with Crippen LogP contribution < -0.4 is 25.0 Å². The lowest BCUT2D eigenvalue weighted by molar-refractivity contribution is -0.141. The van der Waals surface area contributed by atoms with Crippen molar-refractivity contribution >= 4 is 57.6 Å². The minimum Gasteiger partial charge on any atom is -0.508 e. The summed E-state index contributed by atoms with van der Waals surface area (Å²) in [5.41, 5.74) is 5.98. The fraction of sp³-hybridized carbons (Fsp3) is 0.541. The number of thiazole rings is 1. The van der Waals surface area contributed by atoms with Crippen LogP contribution in [0.3, 0.4) is 0 Å². The molecule has 11 heterocycles. The Balaban J connectivity index is 0.619. The fourth-order valence-corrected chi connectivity index (χ4v) is 15.1. The lowest BCUT2D eigenvalue weighted by atomic mass is 9.91. The average molecular weight is 1170 g/mol. The number of phenolic OH excluding ortho intramolecular Hbond substituents is 1. The summed E-state index contributed by atoms with van der Waals surface area (Å²) in [6, 6.07) is 12.5. The Kier molecular flexibility index (Phi) is 15.2. The van der Waals surface area contributed by atoms with Gasteiger partial charge in [0.05, 0.1) is 46.1 Å². The largest absolute Gasteiger partial charge is 0.508 e. The summed E-state index contributed by atoms with van der Waals surface area (Å²) >= 11 is 8.28. The maximum atomic E-state index is 17.2. The summed E-state index contributed by atoms with van der Waals surface area (Å²) in [5.74, 6) is -0.547. The van der Waals surface area contributed by atoms with Crippen molar-refractivity contribution in [3.8, 4) is 39.3 Å². The standard InChI is InChI=1S/C61H71ClFN11O8S/c1-33(2)50(58(77)72-20-6-10-47(72)57(76)67-34(3)36-11-15-38(16-12-36)55-35(4)66-32-83-55)48-24-49(70-82-48)81-43-28-71(29-43)60(78)79-30-41-17-19-61(18-7-21-74(41)61)31-80-59-68-54-45(56(69-59)73-27-39-8-5-9-40(73)25-64-39)26-65-53(52(54)63)44-22-42(75)23-46(62)51(44)37-13-14-37/h11-12,15-16,22-24,26,32-34,37,39-41,43,47,50,64,75H,5-10,13-14,17-21,25,27-31H2,1-4H3,(H,67,76)/t34-,39?,40?,41-,47?,50+,61+/m0/s1. The fourth-order valence-electron chi connectivity index (χ4n) is 13.9. The zero-order valence-electron chi connectivity index (χ0n) is 47.3. The van der Waals surface area contributed by atoms with Gasteiger partial charge >= 0.3 is 12.1 Å². The SMILES string of the molecule is Cc1ncsc1-c1ccc([C@H](C)NC(=O)C2CCCN2C(=O)[C@@H](c2cc(OC3CN(C(=O)OC[C@@H]4CC[C@@]5(COc6nc(N7CC8CCCC7CN8)c7cnc(-c8cc(O)cc(Cl)c8C8CC8)c(F)c7n6)CCCN45)C3)no2)C(C)C)cc1. The van der Waals surface area contributed by atoms with Crippen LogP contribution in [-0.2, 0) is 14.3 Å². The molecular formula is C61H71ClFN11O8S. The number of benzene rings is 2. The van der Waals surface area contributed by atoms with E-state index in [2.05, 4.69) is 30.6 Å². The third-order valence-electron chi connectivity index (χ3n) is 18.5. The second-order valence-corrected chi connectivity index (χ2v) is 25.6. The third kappa shape index (κ3) is 10.8. The van der Waals surface area contributed by atoms with Gasteiger partial charge in [0, 0.05) is 60.6 Å². The number of fused-ring (bicyclic) bond motifs is 6. The quantitative estimate of drug-likeness (QED) is 0.0775. The van der Waals surface area contributed by atoms with E-state index in [1.54, 1.807) is 39.5 Å². The topological polar surface area (TPSA) is 214 Å². The lowest BCUT2D eigenvalue weighted by Gasteiger charge is -2.39. The lowest BCUT2D eigenvalue weighted by Crippen LogP contribution is -2.56. The highest BCUT2D eigenvalue weighted by Crippen LogP contribution is 2.50. The van der Waals surface area contributed by atoms with Crippen LogP contribution in [-0.4, -0.2) is 151 Å². The molecule has 7 atom stereocenters. The van der Waals surface area contributed by atoms with Crippen molar-refractivity contribution in [3.05, 3.63) is 87.6 Å². The Bertz CT molecular complexity index is 3430. The molecule has 1 saturated carbocycles. The van der Waals surface area contributed by atoms with Gasteiger partial charge in [-0.15, -0.1) is 11.3 Å². The van der Waals surface area contributed by atoms with Gasteiger partial charge in [0.25, 0.3) is 5.88 Å². The Labute approximate surface area is 490 Å². The Morgan fingerprint density at radius 3 is 2.59 bits per heavy atom. The number of phenols is 1. The van der Waals surface area contributed by atoms with Crippen LogP contribution in [0.1, 0.15) is 132 Å². The van der Waals surface area contributed by atoms with Crippen molar-refractivity contribution in [1.29, 1.82) is 0 Å². The van der Waals surface area contributed by atoms with Crippen LogP contribution in [0, 0.1) is 18.7 Å². The summed E-state index contributed by atoms with van der Waals surface area (Å²) < 4.78 is 41.8. The maximum absolute atomic E-state index is 17.2. The minimum atomic E-state index is -0.686. The van der Waals surface area contributed by atoms with Gasteiger partial charge in [0.1, 0.15) is 54.1 Å². The van der Waals surface area contributed by atoms with E-state index in [1.165, 1.54) is 6.07 Å². The van der Waals surface area contributed by atoms with E-state index in [4.69, 9.17) is 45.3 Å². The van der Waals surface area contributed by atoms with E-state index < -0.39 is 23.9 Å². The highest BCUT2D eigenvalue weighted by molar-refractivity contribution is 7.13. The number of nitrogens with one attached hydrogen (secondary N) is 2. The maximum Gasteiger partial charge on any atom is 0.410 e. The van der Waals surface area contributed by atoms with Crippen LogP contribution in [0.25, 0.3) is 32.6 Å². The van der Waals surface area contributed by atoms with Crippen molar-refractivity contribution in [1.82, 2.24) is 50.4 Å². The van der Waals surface area contributed by atoms with Crippen LogP contribution in [0.4, 0.5) is 15.0 Å². The number of ether oxygens (including phenoxy) is 3. The Hall–Kier alpha value is -6.68. The summed E-state index contributed by atoms with van der Waals surface area (Å²) in [4.78, 5) is 69.6. The number of likely N-dealkylation sites (tertiary alicyclic amines) is 2. The predicted molar refractivity (Wildman–Crippen MR) is 310 cm³/mol. The molecule has 1 aliphatic carbocycles. The van der Waals surface area contributed by atoms with E-state index in [1.807, 2.05) is 57.5 Å². The molecule has 3 N–H and O–H groups in total. The molecule has 3 amide bonds. The summed E-state index contributed by atoms with van der Waals surface area (Å²) in [6.07, 6.45) is 10.6. The van der Waals surface area contributed by atoms with Crippen molar-refractivity contribution in [3.63, 3.8) is 0 Å². The van der Waals surface area contributed by atoms with Gasteiger partial charge in [0.2, 0.25) is 11.8 Å². The molecule has 0 spiro atoms. The number of anilines is 1. The second kappa shape index (κ2) is 22.7. The van der Waals surface area contributed by atoms with Crippen molar-refractivity contribution in [2.75, 3.05) is 57.4 Å². The molecule has 19 nitrogen and oxygen atoms in total. The number of carbonyl (C=O) groups excluding carboxylic acids is 3. The van der Waals surface area contributed by atoms with Gasteiger partial charge in [0.15, 0.2) is 11.6 Å². The summed E-state index contributed by atoms with van der Waals surface area (Å²) in [6.45, 7) is 11.7. The molecule has 7 aliphatic heterocycles. The number of aryl methyl sites for hydroxylation is 1. The van der Waals surface area contributed by atoms with Gasteiger partial charge in [-0.1, -0.05) is 49.7 Å². The first-order valence-electron chi connectivity index (χ1n) is 29.6. The molecule has 6 aromatic rings. The number of carbonyl (C=O) groups is 3. The number of pyridine rings is 1. The zero-order valence-corrected chi connectivity index (χ0v) is 48.9. The Morgan fingerprint density at radius 2 is 1.81 bits per heavy atom. The van der Waals surface area contributed by atoms with Gasteiger partial charge < -0.3 is 49.2 Å². The van der Waals surface area contributed by atoms with Crippen molar-refractivity contribution < 1.29 is 42.6 Å². The smallest absolute Gasteiger partial charge is 0.410 e. The normalized spacial score (nSPS) is 24.3. The molecule has 8 fully saturated rings. The first-order valence-corrected chi connectivity index (χ1v) is 30.9. The molecule has 4 aromatic heterocycles. The first-order chi connectivity index (χ1) is 40.2. The third-order valence-corrected chi connectivity index (χ3v) is 19.8. The van der Waals surface area contributed by atoms with Crippen molar-refractivity contribution in [2.45, 2.75) is 152 Å². The summed E-state index contributed by atoms with van der Waals surface area (Å²) in [7, 11) is 0. The highest BCUT2D eigenvalue weighted by atomic mass is 35.5. The number of nitrogens with zero attached hydrogens (tertiary/aromatic N) is 9. The number of rotatable bonds is 17. The van der Waals surface area contributed by atoms with Crippen LogP contribution in [0.5, 0.6) is 17.6 Å². The van der Waals surface area contributed by atoms with Crippen molar-refractivity contribution in [2.24, 2.45) is 5.92 Å². The first kappa shape index (κ1) is 55.5.